The summed E-state index contributed by atoms with van der Waals surface area (Å²) in [6.07, 6.45) is 2.37. The van der Waals surface area contributed by atoms with Crippen LogP contribution in [-0.4, -0.2) is 67.3 Å². The molecule has 2 aliphatic heterocycles. The Morgan fingerprint density at radius 2 is 1.60 bits per heavy atom. The number of hydrogen-bond acceptors (Lipinski definition) is 7. The average Bonchev–Trinajstić information content (AvgIpc) is 3.10. The molecule has 0 radical (unpaired) electrons. The van der Waals surface area contributed by atoms with Gasteiger partial charge >= 0.3 is 0 Å². The number of aliphatic hydroxyl groups is 1. The number of morpholine rings is 1. The Balaban J connectivity index is 1.21. The summed E-state index contributed by atoms with van der Waals surface area (Å²) in [5, 5.41) is 15.4. The molecule has 4 atom stereocenters. The number of benzene rings is 3. The third kappa shape index (κ3) is 10.2. The van der Waals surface area contributed by atoms with Crippen LogP contribution < -0.4 is 10.6 Å². The minimum absolute atomic E-state index is 0.0136. The summed E-state index contributed by atoms with van der Waals surface area (Å²) in [5.74, 6) is 0.148. The van der Waals surface area contributed by atoms with Gasteiger partial charge in [-0.3, -0.25) is 14.5 Å². The largest absolute Gasteiger partial charge is 0.392 e. The maximum Gasteiger partial charge on any atom is 0.220 e. The summed E-state index contributed by atoms with van der Waals surface area (Å²) in [6.45, 7) is 8.94. The molecule has 0 aromatic heterocycles. The third-order valence-corrected chi connectivity index (χ3v) is 9.05. The number of nitrogens with one attached hydrogen (secondary N) is 2. The Hall–Kier alpha value is -3.60. The van der Waals surface area contributed by atoms with E-state index in [9.17, 15) is 14.7 Å². The van der Waals surface area contributed by atoms with E-state index in [0.717, 1.165) is 85.5 Å². The Morgan fingerprint density at radius 1 is 0.851 bits per heavy atom. The first-order valence-corrected chi connectivity index (χ1v) is 16.9. The van der Waals surface area contributed by atoms with E-state index in [1.54, 1.807) is 0 Å². The molecule has 47 heavy (non-hydrogen) atoms. The number of nitrogens with zero attached hydrogens (tertiary/aromatic N) is 1. The van der Waals surface area contributed by atoms with E-state index < -0.39 is 6.29 Å². The van der Waals surface area contributed by atoms with Crippen molar-refractivity contribution in [3.8, 4) is 11.1 Å². The fraction of sp³-hybridized carbons (Fsp3) is 0.474. The minimum Gasteiger partial charge on any atom is -0.392 e. The molecule has 0 bridgehead atoms. The number of carbonyl (C=O) groups is 2. The smallest absolute Gasteiger partial charge is 0.220 e. The summed E-state index contributed by atoms with van der Waals surface area (Å²) in [6, 6.07) is 24.6. The van der Waals surface area contributed by atoms with Crippen molar-refractivity contribution in [2.24, 2.45) is 5.92 Å². The topological polar surface area (TPSA) is 109 Å². The van der Waals surface area contributed by atoms with Crippen LogP contribution in [0.1, 0.15) is 74.2 Å². The van der Waals surface area contributed by atoms with Crippen molar-refractivity contribution in [1.82, 2.24) is 15.5 Å². The first-order chi connectivity index (χ1) is 22.9. The van der Waals surface area contributed by atoms with Gasteiger partial charge in [0.15, 0.2) is 6.29 Å². The maximum atomic E-state index is 12.4. The molecule has 0 saturated carbocycles. The molecule has 0 unspecified atom stereocenters. The number of rotatable bonds is 14. The lowest BCUT2D eigenvalue weighted by Gasteiger charge is -2.43. The van der Waals surface area contributed by atoms with Gasteiger partial charge in [-0.15, -0.1) is 0 Å². The van der Waals surface area contributed by atoms with Crippen LogP contribution in [0.4, 0.5) is 0 Å². The molecular weight excluding hydrogens is 594 g/mol. The van der Waals surface area contributed by atoms with Crippen molar-refractivity contribution in [3.63, 3.8) is 0 Å². The molecule has 9 nitrogen and oxygen atoms in total. The average molecular weight is 644 g/mol. The van der Waals surface area contributed by atoms with E-state index >= 15 is 0 Å². The fourth-order valence-corrected chi connectivity index (χ4v) is 6.20. The molecule has 2 saturated heterocycles. The zero-order valence-electron chi connectivity index (χ0n) is 27.7. The van der Waals surface area contributed by atoms with Crippen molar-refractivity contribution >= 4 is 11.8 Å². The Bertz CT molecular complexity index is 1420. The van der Waals surface area contributed by atoms with Crippen molar-refractivity contribution in [3.05, 3.63) is 95.1 Å². The number of unbranched alkanes of at least 4 members (excludes halogenated alkanes) is 2. The molecule has 3 N–H and O–H groups in total. The first kappa shape index (κ1) is 34.7. The van der Waals surface area contributed by atoms with E-state index in [-0.39, 0.29) is 36.5 Å². The first-order valence-electron chi connectivity index (χ1n) is 16.9. The zero-order valence-corrected chi connectivity index (χ0v) is 27.7. The van der Waals surface area contributed by atoms with Crippen molar-refractivity contribution in [2.45, 2.75) is 71.2 Å². The highest BCUT2D eigenvalue weighted by Crippen LogP contribution is 2.42. The van der Waals surface area contributed by atoms with Crippen LogP contribution in [0.25, 0.3) is 11.1 Å². The fourth-order valence-electron chi connectivity index (χ4n) is 6.20. The summed E-state index contributed by atoms with van der Waals surface area (Å²) < 4.78 is 18.9. The summed E-state index contributed by atoms with van der Waals surface area (Å²) in [4.78, 5) is 25.7. The summed E-state index contributed by atoms with van der Waals surface area (Å²) in [7, 11) is 0. The molecular formula is C38H49N3O6. The van der Waals surface area contributed by atoms with Crippen molar-refractivity contribution < 1.29 is 28.9 Å². The van der Waals surface area contributed by atoms with E-state index in [4.69, 9.17) is 14.2 Å². The van der Waals surface area contributed by atoms with E-state index in [2.05, 4.69) is 71.0 Å². The number of carbonyl (C=O) groups excluding carboxylic acids is 2. The van der Waals surface area contributed by atoms with Crippen LogP contribution in [0.15, 0.2) is 72.8 Å². The van der Waals surface area contributed by atoms with Gasteiger partial charge in [-0.05, 0) is 46.7 Å². The van der Waals surface area contributed by atoms with Gasteiger partial charge in [0.25, 0.3) is 0 Å². The lowest BCUT2D eigenvalue weighted by Crippen LogP contribution is -2.47. The molecule has 2 fully saturated rings. The molecule has 9 heteroatoms. The number of hydrogen-bond donors (Lipinski definition) is 3. The Morgan fingerprint density at radius 3 is 2.32 bits per heavy atom. The molecule has 2 aliphatic rings. The SMILES string of the molecule is CC(=O)NCCCCCC(=O)NCc1cccc(-c2ccc([C@@H]3O[C@H](CN4CCOCC4)[C@H](C)[C@H](c4ccc(CO)cc4)O3)cc2)c1. The van der Waals surface area contributed by atoms with Gasteiger partial charge in [0.2, 0.25) is 11.8 Å². The standard InChI is InChI=1S/C38H49N3O6/c1-27-35(25-41-19-21-45-22-20-41)46-38(47-37(27)32-12-10-29(26-42)11-13-32)33-16-14-31(15-17-33)34-8-6-7-30(23-34)24-40-36(44)9-4-3-5-18-39-28(2)43/h6-8,10-17,23,27,35,37-38,42H,3-5,9,18-22,24-26H2,1-2H3,(H,39,43)(H,40,44)/t27-,35+,37+,38+/m0/s1. The van der Waals surface area contributed by atoms with Gasteiger partial charge in [-0.25, -0.2) is 0 Å². The molecule has 0 spiro atoms. The van der Waals surface area contributed by atoms with Crippen LogP contribution in [0.5, 0.6) is 0 Å². The van der Waals surface area contributed by atoms with Crippen LogP contribution in [0, 0.1) is 5.92 Å². The highest BCUT2D eigenvalue weighted by molar-refractivity contribution is 5.76. The second-order valence-electron chi connectivity index (χ2n) is 12.6. The van der Waals surface area contributed by atoms with Crippen LogP contribution in [0.2, 0.25) is 0 Å². The summed E-state index contributed by atoms with van der Waals surface area (Å²) in [5.41, 5.74) is 6.12. The summed E-state index contributed by atoms with van der Waals surface area (Å²) >= 11 is 0. The van der Waals surface area contributed by atoms with Crippen LogP contribution in [0.3, 0.4) is 0 Å². The van der Waals surface area contributed by atoms with Crippen LogP contribution in [-0.2, 0) is 37.0 Å². The zero-order chi connectivity index (χ0) is 33.0. The lowest BCUT2D eigenvalue weighted by atomic mass is 9.90. The van der Waals surface area contributed by atoms with Gasteiger partial charge < -0.3 is 30.0 Å². The quantitative estimate of drug-likeness (QED) is 0.205. The predicted molar refractivity (Wildman–Crippen MR) is 181 cm³/mol. The van der Waals surface area contributed by atoms with Crippen molar-refractivity contribution in [2.75, 3.05) is 39.4 Å². The lowest BCUT2D eigenvalue weighted by molar-refractivity contribution is -0.277. The number of aliphatic hydroxyl groups excluding tert-OH is 1. The third-order valence-electron chi connectivity index (χ3n) is 9.05. The molecule has 0 aliphatic carbocycles. The second-order valence-corrected chi connectivity index (χ2v) is 12.6. The highest BCUT2D eigenvalue weighted by atomic mass is 16.7. The number of amides is 2. The van der Waals surface area contributed by atoms with Gasteiger partial charge in [0.05, 0.1) is 32.0 Å². The predicted octanol–water partition coefficient (Wildman–Crippen LogP) is 5.28. The molecule has 3 aromatic carbocycles. The van der Waals surface area contributed by atoms with Gasteiger partial charge in [0, 0.05) is 57.5 Å². The van der Waals surface area contributed by atoms with Crippen molar-refractivity contribution in [1.29, 1.82) is 0 Å². The van der Waals surface area contributed by atoms with Gasteiger partial charge in [0.1, 0.15) is 0 Å². The molecule has 2 amide bonds. The van der Waals surface area contributed by atoms with Crippen LogP contribution >= 0.6 is 0 Å². The van der Waals surface area contributed by atoms with E-state index in [1.807, 2.05) is 24.3 Å². The normalized spacial score (nSPS) is 21.7. The maximum absolute atomic E-state index is 12.4. The van der Waals surface area contributed by atoms with E-state index in [1.165, 1.54) is 6.92 Å². The molecule has 2 heterocycles. The molecule has 3 aromatic rings. The Labute approximate surface area is 278 Å². The second kappa shape index (κ2) is 17.5. The van der Waals surface area contributed by atoms with Gasteiger partial charge in [-0.1, -0.05) is 80.1 Å². The molecule has 252 valence electrons. The minimum atomic E-state index is -0.513. The Kier molecular flexibility index (Phi) is 12.9. The monoisotopic (exact) mass is 643 g/mol. The van der Waals surface area contributed by atoms with E-state index in [0.29, 0.717) is 19.5 Å². The van der Waals surface area contributed by atoms with Gasteiger partial charge in [-0.2, -0.15) is 0 Å². The number of ether oxygens (including phenoxy) is 3. The molecule has 5 rings (SSSR count). The highest BCUT2D eigenvalue weighted by Gasteiger charge is 2.39.